The molecule has 0 spiro atoms. The molecular formula is C28H26Cl2N4O7. The molecule has 2 atom stereocenters. The first kappa shape index (κ1) is 29.8. The molecule has 0 saturated carbocycles. The minimum atomic E-state index is -1.23. The van der Waals surface area contributed by atoms with Gasteiger partial charge in [0.05, 0.1) is 40.8 Å². The van der Waals surface area contributed by atoms with E-state index in [9.17, 15) is 24.5 Å². The third-order valence-electron chi connectivity index (χ3n) is 6.42. The minimum absolute atomic E-state index is 0.0258. The number of fused-ring (bicyclic) bond motifs is 1. The second-order valence-electron chi connectivity index (χ2n) is 9.08. The second kappa shape index (κ2) is 13.4. The van der Waals surface area contributed by atoms with Gasteiger partial charge in [-0.3, -0.25) is 19.7 Å². The summed E-state index contributed by atoms with van der Waals surface area (Å²) in [5.41, 5.74) is 2.03. The number of halogens is 2. The van der Waals surface area contributed by atoms with Crippen LogP contribution in [0.3, 0.4) is 0 Å². The highest BCUT2D eigenvalue weighted by Crippen LogP contribution is 2.35. The van der Waals surface area contributed by atoms with Gasteiger partial charge in [-0.25, -0.2) is 4.79 Å². The lowest BCUT2D eigenvalue weighted by Crippen LogP contribution is -2.50. The van der Waals surface area contributed by atoms with E-state index in [0.29, 0.717) is 29.9 Å². The number of carbonyl (C=O) groups excluding carboxylic acids is 3. The maximum absolute atomic E-state index is 13.1. The first-order valence-corrected chi connectivity index (χ1v) is 13.3. The van der Waals surface area contributed by atoms with E-state index in [1.807, 2.05) is 30.3 Å². The summed E-state index contributed by atoms with van der Waals surface area (Å²) < 4.78 is 10.3. The molecule has 214 valence electrons. The normalized spacial score (nSPS) is 14.7. The predicted octanol–water partition coefficient (Wildman–Crippen LogP) is 4.07. The molecule has 41 heavy (non-hydrogen) atoms. The van der Waals surface area contributed by atoms with Gasteiger partial charge in [-0.15, -0.1) is 0 Å². The predicted molar refractivity (Wildman–Crippen MR) is 152 cm³/mol. The van der Waals surface area contributed by atoms with Gasteiger partial charge >= 0.3 is 5.97 Å². The number of rotatable bonds is 10. The molecule has 3 aromatic carbocycles. The monoisotopic (exact) mass is 600 g/mol. The average molecular weight is 601 g/mol. The van der Waals surface area contributed by atoms with Gasteiger partial charge in [0.2, 0.25) is 5.91 Å². The lowest BCUT2D eigenvalue weighted by molar-refractivity contribution is -0.385. The van der Waals surface area contributed by atoms with Crippen molar-refractivity contribution in [1.29, 1.82) is 0 Å². The number of amides is 2. The summed E-state index contributed by atoms with van der Waals surface area (Å²) >= 11 is 12.8. The van der Waals surface area contributed by atoms with Crippen LogP contribution in [-0.4, -0.2) is 55.6 Å². The van der Waals surface area contributed by atoms with Crippen molar-refractivity contribution >= 4 is 46.7 Å². The van der Waals surface area contributed by atoms with Crippen molar-refractivity contribution in [3.05, 3.63) is 92.0 Å². The topological polar surface area (TPSA) is 149 Å². The second-order valence-corrected chi connectivity index (χ2v) is 9.90. The van der Waals surface area contributed by atoms with Gasteiger partial charge in [-0.2, -0.15) is 0 Å². The largest absolute Gasteiger partial charge is 0.493 e. The summed E-state index contributed by atoms with van der Waals surface area (Å²) in [4.78, 5) is 48.7. The van der Waals surface area contributed by atoms with E-state index in [4.69, 9.17) is 32.7 Å². The molecule has 2 amide bonds. The van der Waals surface area contributed by atoms with Gasteiger partial charge in [0.1, 0.15) is 11.8 Å². The highest BCUT2D eigenvalue weighted by atomic mass is 35.5. The van der Waals surface area contributed by atoms with Crippen LogP contribution in [0.25, 0.3) is 11.1 Å². The van der Waals surface area contributed by atoms with Crippen molar-refractivity contribution in [2.75, 3.05) is 26.8 Å². The lowest BCUT2D eigenvalue weighted by atomic mass is 10.00. The minimum Gasteiger partial charge on any atom is -0.493 e. The Labute approximate surface area is 245 Å². The summed E-state index contributed by atoms with van der Waals surface area (Å²) in [6, 6.07) is 15.2. The number of carbonyl (C=O) groups is 3. The van der Waals surface area contributed by atoms with Crippen molar-refractivity contribution in [2.24, 2.45) is 0 Å². The smallest absolute Gasteiger partial charge is 0.330 e. The molecule has 1 heterocycles. The van der Waals surface area contributed by atoms with E-state index >= 15 is 0 Å². The Hall–Kier alpha value is -4.19. The van der Waals surface area contributed by atoms with Crippen molar-refractivity contribution in [1.82, 2.24) is 16.0 Å². The van der Waals surface area contributed by atoms with E-state index < -0.39 is 28.7 Å². The van der Waals surface area contributed by atoms with Crippen LogP contribution in [0.5, 0.6) is 5.75 Å². The number of hydrogen-bond acceptors (Lipinski definition) is 8. The molecular weight excluding hydrogens is 575 g/mol. The van der Waals surface area contributed by atoms with Crippen LogP contribution in [-0.2, 0) is 14.3 Å². The third-order valence-corrected chi connectivity index (χ3v) is 7.02. The number of benzene rings is 3. The maximum atomic E-state index is 13.1. The van der Waals surface area contributed by atoms with Crippen LogP contribution in [0.1, 0.15) is 28.4 Å². The standard InChI is InChI=1S/C28H26Cl2N4O7/c1-40-28(37)23(33-27(36)26-20(29)11-17(12-21(26)30)16-5-3-2-4-6-16)14-32-25(35)15-31-22-9-10-41-24-8-7-18(34(38)39)13-19(22)24/h2-8,11-13,22-23,31H,9-10,14-15H2,1H3,(H,32,35)(H,33,36)/t22?,23-/m0/s1. The molecule has 0 aliphatic carbocycles. The summed E-state index contributed by atoms with van der Waals surface area (Å²) in [6.07, 6.45) is 0.493. The van der Waals surface area contributed by atoms with Crippen molar-refractivity contribution in [3.8, 4) is 16.9 Å². The zero-order valence-corrected chi connectivity index (χ0v) is 23.3. The van der Waals surface area contributed by atoms with E-state index in [1.165, 1.54) is 18.2 Å². The van der Waals surface area contributed by atoms with Gasteiger partial charge in [-0.1, -0.05) is 53.5 Å². The fraction of sp³-hybridized carbons (Fsp3) is 0.250. The Kier molecular flexibility index (Phi) is 9.77. The fourth-order valence-electron chi connectivity index (χ4n) is 4.36. The third kappa shape index (κ3) is 7.31. The molecule has 1 unspecified atom stereocenters. The zero-order chi connectivity index (χ0) is 29.5. The van der Waals surface area contributed by atoms with Crippen LogP contribution in [0, 0.1) is 10.1 Å². The lowest BCUT2D eigenvalue weighted by Gasteiger charge is -2.26. The molecule has 0 bridgehead atoms. The molecule has 1 aliphatic heterocycles. The SMILES string of the molecule is COC(=O)[C@H](CNC(=O)CNC1CCOc2ccc([N+](=O)[O-])cc21)NC(=O)c1c(Cl)cc(-c2ccccc2)cc1Cl. The quantitative estimate of drug-likeness (QED) is 0.179. The van der Waals surface area contributed by atoms with Crippen LogP contribution in [0.2, 0.25) is 10.0 Å². The van der Waals surface area contributed by atoms with Gasteiger partial charge in [0.25, 0.3) is 11.6 Å². The first-order valence-electron chi connectivity index (χ1n) is 12.5. The summed E-state index contributed by atoms with van der Waals surface area (Å²) in [5, 5.41) is 19.5. The molecule has 3 aromatic rings. The number of nitro groups is 1. The summed E-state index contributed by atoms with van der Waals surface area (Å²) in [6.45, 7) is -0.0582. The zero-order valence-electron chi connectivity index (χ0n) is 21.8. The maximum Gasteiger partial charge on any atom is 0.330 e. The molecule has 3 N–H and O–H groups in total. The average Bonchev–Trinajstić information content (AvgIpc) is 2.97. The fourth-order valence-corrected chi connectivity index (χ4v) is 5.01. The molecule has 1 aliphatic rings. The molecule has 11 nitrogen and oxygen atoms in total. The number of non-ortho nitro benzene ring substituents is 1. The molecule has 0 fully saturated rings. The van der Waals surface area contributed by atoms with Crippen molar-refractivity contribution in [2.45, 2.75) is 18.5 Å². The Morgan fingerprint density at radius 3 is 2.44 bits per heavy atom. The molecule has 0 radical (unpaired) electrons. The van der Waals surface area contributed by atoms with Crippen LogP contribution < -0.4 is 20.7 Å². The molecule has 0 aromatic heterocycles. The first-order chi connectivity index (χ1) is 19.7. The Morgan fingerprint density at radius 2 is 1.78 bits per heavy atom. The van der Waals surface area contributed by atoms with Crippen LogP contribution in [0.15, 0.2) is 60.7 Å². The van der Waals surface area contributed by atoms with Crippen LogP contribution in [0.4, 0.5) is 5.69 Å². The van der Waals surface area contributed by atoms with E-state index in [-0.39, 0.29) is 40.4 Å². The van der Waals surface area contributed by atoms with E-state index in [1.54, 1.807) is 12.1 Å². The Balaban J connectivity index is 1.38. The Bertz CT molecular complexity index is 1450. The Morgan fingerprint density at radius 1 is 1.07 bits per heavy atom. The van der Waals surface area contributed by atoms with Gasteiger partial charge in [0.15, 0.2) is 0 Å². The molecule has 0 saturated heterocycles. The van der Waals surface area contributed by atoms with Gasteiger partial charge in [-0.05, 0) is 29.3 Å². The molecule has 4 rings (SSSR count). The highest BCUT2D eigenvalue weighted by Gasteiger charge is 2.27. The number of nitro benzene ring substituents is 1. The number of ether oxygens (including phenoxy) is 2. The number of nitrogens with one attached hydrogen (secondary N) is 3. The van der Waals surface area contributed by atoms with Crippen molar-refractivity contribution < 1.29 is 28.8 Å². The molecule has 13 heteroatoms. The number of nitrogens with zero attached hydrogens (tertiary/aromatic N) is 1. The van der Waals surface area contributed by atoms with Crippen molar-refractivity contribution in [3.63, 3.8) is 0 Å². The number of methoxy groups -OCH3 is 1. The summed E-state index contributed by atoms with van der Waals surface area (Å²) in [5.74, 6) is -1.48. The number of esters is 1. The van der Waals surface area contributed by atoms with Crippen LogP contribution >= 0.6 is 23.2 Å². The summed E-state index contributed by atoms with van der Waals surface area (Å²) in [7, 11) is 1.15. The van der Waals surface area contributed by atoms with Gasteiger partial charge in [0, 0.05) is 36.7 Å². The van der Waals surface area contributed by atoms with E-state index in [2.05, 4.69) is 16.0 Å². The van der Waals surface area contributed by atoms with E-state index in [0.717, 1.165) is 12.7 Å². The highest BCUT2D eigenvalue weighted by molar-refractivity contribution is 6.40. The van der Waals surface area contributed by atoms with Gasteiger partial charge < -0.3 is 25.4 Å². The number of hydrogen-bond donors (Lipinski definition) is 3.